The number of thioether (sulfide) groups is 1. The molecule has 0 aliphatic heterocycles. The molecule has 0 radical (unpaired) electrons. The molecular formula is C23H17ClN4O2S. The summed E-state index contributed by atoms with van der Waals surface area (Å²) in [4.78, 5) is 34.2. The summed E-state index contributed by atoms with van der Waals surface area (Å²) in [6, 6.07) is 16.7. The fourth-order valence-corrected chi connectivity index (χ4v) is 4.58. The molecule has 2 aromatic carbocycles. The highest BCUT2D eigenvalue weighted by Crippen LogP contribution is 2.32. The number of hydrogen-bond acceptors (Lipinski definition) is 6. The van der Waals surface area contributed by atoms with Gasteiger partial charge in [0.15, 0.2) is 11.6 Å². The third kappa shape index (κ3) is 4.11. The SMILES string of the molecule is O=C(CSc1nc2nc3c(cn2n1)C(=O)C[C@@H](c1ccc(Cl)cc1)C3)c1ccccc1. The zero-order chi connectivity index (χ0) is 21.4. The van der Waals surface area contributed by atoms with Gasteiger partial charge in [-0.25, -0.2) is 9.50 Å². The van der Waals surface area contributed by atoms with E-state index in [1.54, 1.807) is 18.3 Å². The van der Waals surface area contributed by atoms with E-state index >= 15 is 0 Å². The predicted octanol–water partition coefficient (Wildman–Crippen LogP) is 4.67. The van der Waals surface area contributed by atoms with Gasteiger partial charge in [0.1, 0.15) is 0 Å². The second-order valence-corrected chi connectivity index (χ2v) is 8.78. The van der Waals surface area contributed by atoms with Gasteiger partial charge in [-0.3, -0.25) is 9.59 Å². The summed E-state index contributed by atoms with van der Waals surface area (Å²) in [5, 5.41) is 5.53. The Hall–Kier alpha value is -3.03. The normalized spacial score (nSPS) is 15.8. The van der Waals surface area contributed by atoms with E-state index in [0.29, 0.717) is 39.9 Å². The van der Waals surface area contributed by atoms with Crippen LogP contribution in [-0.4, -0.2) is 36.9 Å². The third-order valence-corrected chi connectivity index (χ3v) is 6.42. The highest BCUT2D eigenvalue weighted by atomic mass is 35.5. The molecule has 4 aromatic rings. The van der Waals surface area contributed by atoms with Crippen LogP contribution in [0.25, 0.3) is 5.78 Å². The number of halogens is 1. The van der Waals surface area contributed by atoms with Crippen LogP contribution in [0.4, 0.5) is 0 Å². The highest BCUT2D eigenvalue weighted by molar-refractivity contribution is 7.99. The van der Waals surface area contributed by atoms with Crippen LogP contribution in [0.15, 0.2) is 66.0 Å². The number of carbonyl (C=O) groups is 2. The molecule has 2 heterocycles. The lowest BCUT2D eigenvalue weighted by molar-refractivity contribution is 0.0961. The Balaban J connectivity index is 1.37. The fraction of sp³-hybridized carbons (Fsp3) is 0.174. The standard InChI is InChI=1S/C23H17ClN4O2S/c24-17-8-6-14(7-9-17)16-10-19-18(20(29)11-16)12-28-22(25-19)26-23(27-28)31-13-21(30)15-4-2-1-3-5-15/h1-9,12,16H,10-11,13H2/t16-/m0/s1. The first kappa shape index (κ1) is 19.9. The molecule has 0 N–H and O–H groups in total. The van der Waals surface area contributed by atoms with Crippen LogP contribution in [0.3, 0.4) is 0 Å². The Bertz CT molecular complexity index is 1290. The third-order valence-electron chi connectivity index (χ3n) is 5.33. The molecule has 5 rings (SSSR count). The largest absolute Gasteiger partial charge is 0.294 e. The molecule has 0 amide bonds. The van der Waals surface area contributed by atoms with Gasteiger partial charge in [-0.15, -0.1) is 5.10 Å². The molecule has 0 saturated heterocycles. The second kappa shape index (κ2) is 8.24. The summed E-state index contributed by atoms with van der Waals surface area (Å²) >= 11 is 7.25. The molecule has 0 spiro atoms. The number of rotatable bonds is 5. The van der Waals surface area contributed by atoms with Gasteiger partial charge in [0.05, 0.1) is 17.0 Å². The molecule has 1 atom stereocenters. The molecule has 1 aliphatic rings. The summed E-state index contributed by atoms with van der Waals surface area (Å²) in [5.74, 6) is 0.778. The van der Waals surface area contributed by atoms with Gasteiger partial charge in [-0.2, -0.15) is 4.98 Å². The quantitative estimate of drug-likeness (QED) is 0.326. The number of Topliss-reactive ketones (excluding diaryl/α,β-unsaturated/α-hetero) is 2. The lowest BCUT2D eigenvalue weighted by Crippen LogP contribution is -2.21. The molecule has 0 fully saturated rings. The monoisotopic (exact) mass is 448 g/mol. The van der Waals surface area contributed by atoms with Crippen molar-refractivity contribution in [3.05, 3.63) is 88.2 Å². The number of hydrogen-bond donors (Lipinski definition) is 0. The van der Waals surface area contributed by atoms with E-state index in [4.69, 9.17) is 11.6 Å². The number of ketones is 2. The van der Waals surface area contributed by atoms with E-state index in [1.165, 1.54) is 16.3 Å². The van der Waals surface area contributed by atoms with Gasteiger partial charge < -0.3 is 0 Å². The van der Waals surface area contributed by atoms with E-state index in [9.17, 15) is 9.59 Å². The van der Waals surface area contributed by atoms with Gasteiger partial charge in [0, 0.05) is 23.2 Å². The Morgan fingerprint density at radius 3 is 2.61 bits per heavy atom. The van der Waals surface area contributed by atoms with Crippen molar-refractivity contribution in [2.24, 2.45) is 0 Å². The number of benzene rings is 2. The average molecular weight is 449 g/mol. The molecule has 0 saturated carbocycles. The molecule has 1 aliphatic carbocycles. The van der Waals surface area contributed by atoms with Crippen LogP contribution >= 0.6 is 23.4 Å². The summed E-state index contributed by atoms with van der Waals surface area (Å²) in [7, 11) is 0. The van der Waals surface area contributed by atoms with E-state index < -0.39 is 0 Å². The van der Waals surface area contributed by atoms with Gasteiger partial charge in [-0.1, -0.05) is 65.8 Å². The van der Waals surface area contributed by atoms with Crippen molar-refractivity contribution in [3.63, 3.8) is 0 Å². The smallest absolute Gasteiger partial charge is 0.253 e. The fourth-order valence-electron chi connectivity index (χ4n) is 3.73. The maximum absolute atomic E-state index is 12.8. The first-order chi connectivity index (χ1) is 15.1. The van der Waals surface area contributed by atoms with Crippen LogP contribution in [0.5, 0.6) is 0 Å². The molecule has 8 heteroatoms. The van der Waals surface area contributed by atoms with Crippen LogP contribution in [0, 0.1) is 0 Å². The van der Waals surface area contributed by atoms with Gasteiger partial charge in [0.2, 0.25) is 5.16 Å². The van der Waals surface area contributed by atoms with Crippen molar-refractivity contribution in [1.82, 2.24) is 19.6 Å². The predicted molar refractivity (Wildman–Crippen MR) is 119 cm³/mol. The molecule has 31 heavy (non-hydrogen) atoms. The van der Waals surface area contributed by atoms with Crippen molar-refractivity contribution in [3.8, 4) is 0 Å². The minimum absolute atomic E-state index is 0.0118. The average Bonchev–Trinajstić information content (AvgIpc) is 3.19. The van der Waals surface area contributed by atoms with E-state index in [2.05, 4.69) is 15.1 Å². The molecule has 6 nitrogen and oxygen atoms in total. The lowest BCUT2D eigenvalue weighted by atomic mass is 9.82. The zero-order valence-electron chi connectivity index (χ0n) is 16.4. The number of carbonyl (C=O) groups excluding carboxylic acids is 2. The van der Waals surface area contributed by atoms with E-state index in [-0.39, 0.29) is 23.2 Å². The first-order valence-corrected chi connectivity index (χ1v) is 11.2. The maximum atomic E-state index is 12.8. The minimum Gasteiger partial charge on any atom is -0.294 e. The van der Waals surface area contributed by atoms with Crippen molar-refractivity contribution in [2.75, 3.05) is 5.75 Å². The Morgan fingerprint density at radius 1 is 1.06 bits per heavy atom. The van der Waals surface area contributed by atoms with Crippen LogP contribution in [0.2, 0.25) is 5.02 Å². The lowest BCUT2D eigenvalue weighted by Gasteiger charge is -2.23. The van der Waals surface area contributed by atoms with Gasteiger partial charge >= 0.3 is 0 Å². The highest BCUT2D eigenvalue weighted by Gasteiger charge is 2.28. The molecule has 2 aromatic heterocycles. The van der Waals surface area contributed by atoms with Crippen LogP contribution in [0.1, 0.15) is 44.3 Å². The van der Waals surface area contributed by atoms with Crippen LogP contribution < -0.4 is 0 Å². The van der Waals surface area contributed by atoms with E-state index in [1.807, 2.05) is 42.5 Å². The van der Waals surface area contributed by atoms with Crippen molar-refractivity contribution >= 4 is 40.7 Å². The zero-order valence-corrected chi connectivity index (χ0v) is 17.9. The first-order valence-electron chi connectivity index (χ1n) is 9.83. The maximum Gasteiger partial charge on any atom is 0.253 e. The van der Waals surface area contributed by atoms with Gasteiger partial charge in [0.25, 0.3) is 5.78 Å². The van der Waals surface area contributed by atoms with E-state index in [0.717, 1.165) is 11.3 Å². The van der Waals surface area contributed by atoms with Crippen LogP contribution in [-0.2, 0) is 6.42 Å². The molecule has 154 valence electrons. The topological polar surface area (TPSA) is 77.2 Å². The molecule has 0 unspecified atom stereocenters. The Morgan fingerprint density at radius 2 is 1.84 bits per heavy atom. The number of nitrogens with zero attached hydrogens (tertiary/aromatic N) is 4. The molecular weight excluding hydrogens is 432 g/mol. The summed E-state index contributed by atoms with van der Waals surface area (Å²) < 4.78 is 1.52. The van der Waals surface area contributed by atoms with Crippen molar-refractivity contribution < 1.29 is 9.59 Å². The summed E-state index contributed by atoms with van der Waals surface area (Å²) in [6.07, 6.45) is 2.78. The van der Waals surface area contributed by atoms with Gasteiger partial charge in [-0.05, 0) is 30.0 Å². The molecule has 0 bridgehead atoms. The minimum atomic E-state index is 0.0118. The van der Waals surface area contributed by atoms with Crippen molar-refractivity contribution in [1.29, 1.82) is 0 Å². The summed E-state index contributed by atoms with van der Waals surface area (Å²) in [6.45, 7) is 0. The Kier molecular flexibility index (Phi) is 5.29. The summed E-state index contributed by atoms with van der Waals surface area (Å²) in [5.41, 5.74) is 3.04. The number of fused-ring (bicyclic) bond motifs is 2. The number of aromatic nitrogens is 4. The Labute approximate surface area is 187 Å². The van der Waals surface area contributed by atoms with Crippen molar-refractivity contribution in [2.45, 2.75) is 23.9 Å². The second-order valence-electron chi connectivity index (χ2n) is 7.40.